The van der Waals surface area contributed by atoms with Crippen LogP contribution in [0.25, 0.3) is 0 Å². The third kappa shape index (κ3) is 3.94. The van der Waals surface area contributed by atoms with Crippen LogP contribution in [0.2, 0.25) is 0 Å². The van der Waals surface area contributed by atoms with Gasteiger partial charge in [-0.2, -0.15) is 0 Å². The van der Waals surface area contributed by atoms with Crippen LogP contribution in [0, 0.1) is 5.82 Å². The summed E-state index contributed by atoms with van der Waals surface area (Å²) >= 11 is 0. The predicted octanol–water partition coefficient (Wildman–Crippen LogP) is 2.69. The molecule has 0 spiro atoms. The van der Waals surface area contributed by atoms with Crippen LogP contribution in [0.1, 0.15) is 11.1 Å². The Balaban J connectivity index is 1.37. The number of fused-ring (bicyclic) bond motifs is 1. The number of halogens is 1. The molecule has 27 heavy (non-hydrogen) atoms. The Bertz CT molecular complexity index is 809. The van der Waals surface area contributed by atoms with Crippen molar-refractivity contribution in [1.29, 1.82) is 0 Å². The maximum absolute atomic E-state index is 14.5. The van der Waals surface area contributed by atoms with Crippen LogP contribution in [-0.4, -0.2) is 40.2 Å². The van der Waals surface area contributed by atoms with Crippen LogP contribution in [0.5, 0.6) is 17.2 Å². The minimum Gasteiger partial charge on any atom is -0.493 e. The number of ether oxygens (including phenoxy) is 4. The molecule has 2 aromatic rings. The minimum absolute atomic E-state index is 0.194. The molecule has 2 heterocycles. The van der Waals surface area contributed by atoms with E-state index in [0.717, 1.165) is 24.2 Å². The number of anilines is 1. The Labute approximate surface area is 157 Å². The second-order valence-electron chi connectivity index (χ2n) is 6.52. The lowest BCUT2D eigenvalue weighted by Crippen LogP contribution is -2.36. The van der Waals surface area contributed by atoms with E-state index in [1.54, 1.807) is 13.2 Å². The first kappa shape index (κ1) is 17.9. The zero-order valence-electron chi connectivity index (χ0n) is 15.3. The first-order valence-corrected chi connectivity index (χ1v) is 9.03. The SMILES string of the molecule is COc1cc(CNCc2ccc(N3CCOCC3)c(F)c2)cc2c1OCO2. The summed E-state index contributed by atoms with van der Waals surface area (Å²) in [6, 6.07) is 9.25. The van der Waals surface area contributed by atoms with Gasteiger partial charge in [0, 0.05) is 26.2 Å². The Kier molecular flexibility index (Phi) is 5.31. The normalized spacial score (nSPS) is 15.9. The van der Waals surface area contributed by atoms with Crippen molar-refractivity contribution in [2.75, 3.05) is 45.1 Å². The van der Waals surface area contributed by atoms with Gasteiger partial charge in [-0.05, 0) is 35.4 Å². The van der Waals surface area contributed by atoms with Gasteiger partial charge in [-0.25, -0.2) is 4.39 Å². The monoisotopic (exact) mass is 374 g/mol. The Morgan fingerprint density at radius 2 is 1.89 bits per heavy atom. The molecule has 0 aliphatic carbocycles. The molecule has 0 bridgehead atoms. The molecular formula is C20H23FN2O4. The van der Waals surface area contributed by atoms with Crippen molar-refractivity contribution in [3.05, 3.63) is 47.3 Å². The van der Waals surface area contributed by atoms with E-state index in [2.05, 4.69) is 5.32 Å². The summed E-state index contributed by atoms with van der Waals surface area (Å²) in [5.41, 5.74) is 2.56. The average Bonchev–Trinajstić information content (AvgIpc) is 3.17. The molecule has 0 radical (unpaired) electrons. The fourth-order valence-corrected chi connectivity index (χ4v) is 3.36. The zero-order chi connectivity index (χ0) is 18.6. The number of rotatable bonds is 6. The van der Waals surface area contributed by atoms with E-state index < -0.39 is 0 Å². The number of benzene rings is 2. The third-order valence-electron chi connectivity index (χ3n) is 4.74. The maximum atomic E-state index is 14.5. The second kappa shape index (κ2) is 8.02. The number of nitrogens with zero attached hydrogens (tertiary/aromatic N) is 1. The highest BCUT2D eigenvalue weighted by Gasteiger charge is 2.20. The van der Waals surface area contributed by atoms with Crippen LogP contribution in [-0.2, 0) is 17.8 Å². The molecule has 1 N–H and O–H groups in total. The molecule has 2 aliphatic heterocycles. The van der Waals surface area contributed by atoms with E-state index >= 15 is 0 Å². The van der Waals surface area contributed by atoms with Gasteiger partial charge in [0.15, 0.2) is 11.5 Å². The van der Waals surface area contributed by atoms with Crippen molar-refractivity contribution in [1.82, 2.24) is 5.32 Å². The molecule has 6 nitrogen and oxygen atoms in total. The summed E-state index contributed by atoms with van der Waals surface area (Å²) < 4.78 is 36.0. The second-order valence-corrected chi connectivity index (χ2v) is 6.52. The highest BCUT2D eigenvalue weighted by atomic mass is 19.1. The standard InChI is InChI=1S/C20H23FN2O4/c1-24-18-9-15(10-19-20(18)27-13-26-19)12-22-11-14-2-3-17(16(21)8-14)23-4-6-25-7-5-23/h2-3,8-10,22H,4-7,11-13H2,1H3. The molecule has 0 aromatic heterocycles. The van der Waals surface area contributed by atoms with E-state index in [9.17, 15) is 4.39 Å². The van der Waals surface area contributed by atoms with Crippen molar-refractivity contribution in [3.63, 3.8) is 0 Å². The van der Waals surface area contributed by atoms with E-state index in [0.29, 0.717) is 49.2 Å². The van der Waals surface area contributed by atoms with Gasteiger partial charge in [0.1, 0.15) is 5.82 Å². The Morgan fingerprint density at radius 3 is 2.67 bits per heavy atom. The number of methoxy groups -OCH3 is 1. The third-order valence-corrected chi connectivity index (χ3v) is 4.74. The van der Waals surface area contributed by atoms with Gasteiger partial charge in [0.05, 0.1) is 26.0 Å². The van der Waals surface area contributed by atoms with Crippen LogP contribution >= 0.6 is 0 Å². The number of hydrogen-bond acceptors (Lipinski definition) is 6. The average molecular weight is 374 g/mol. The van der Waals surface area contributed by atoms with Gasteiger partial charge in [0.25, 0.3) is 0 Å². The zero-order valence-corrected chi connectivity index (χ0v) is 15.3. The summed E-state index contributed by atoms with van der Waals surface area (Å²) in [6.45, 7) is 4.11. The van der Waals surface area contributed by atoms with E-state index in [-0.39, 0.29) is 12.6 Å². The molecule has 2 aliphatic rings. The molecule has 0 amide bonds. The van der Waals surface area contributed by atoms with Crippen LogP contribution in [0.4, 0.5) is 10.1 Å². The van der Waals surface area contributed by atoms with Crippen molar-refractivity contribution in [3.8, 4) is 17.2 Å². The smallest absolute Gasteiger partial charge is 0.231 e. The summed E-state index contributed by atoms with van der Waals surface area (Å²) in [4.78, 5) is 2.02. The molecule has 1 saturated heterocycles. The largest absolute Gasteiger partial charge is 0.493 e. The highest BCUT2D eigenvalue weighted by molar-refractivity contribution is 5.55. The van der Waals surface area contributed by atoms with Gasteiger partial charge in [-0.15, -0.1) is 0 Å². The van der Waals surface area contributed by atoms with Crippen LogP contribution in [0.3, 0.4) is 0 Å². The lowest BCUT2D eigenvalue weighted by molar-refractivity contribution is 0.122. The van der Waals surface area contributed by atoms with Crippen molar-refractivity contribution in [2.24, 2.45) is 0 Å². The van der Waals surface area contributed by atoms with Crippen molar-refractivity contribution < 1.29 is 23.3 Å². The Morgan fingerprint density at radius 1 is 1.07 bits per heavy atom. The lowest BCUT2D eigenvalue weighted by atomic mass is 10.1. The molecule has 0 atom stereocenters. The Hall–Kier alpha value is -2.51. The van der Waals surface area contributed by atoms with Gasteiger partial charge in [-0.1, -0.05) is 6.07 Å². The van der Waals surface area contributed by atoms with Crippen molar-refractivity contribution >= 4 is 5.69 Å². The molecular weight excluding hydrogens is 351 g/mol. The highest BCUT2D eigenvalue weighted by Crippen LogP contribution is 2.41. The summed E-state index contributed by atoms with van der Waals surface area (Å²) in [7, 11) is 1.60. The van der Waals surface area contributed by atoms with Crippen LogP contribution in [0.15, 0.2) is 30.3 Å². The molecule has 144 valence electrons. The quantitative estimate of drug-likeness (QED) is 0.839. The first-order chi connectivity index (χ1) is 13.2. The van der Waals surface area contributed by atoms with Gasteiger partial charge in [0.2, 0.25) is 12.5 Å². The predicted molar refractivity (Wildman–Crippen MR) is 99.1 cm³/mol. The first-order valence-electron chi connectivity index (χ1n) is 9.03. The topological polar surface area (TPSA) is 52.2 Å². The summed E-state index contributed by atoms with van der Waals surface area (Å²) in [5.74, 6) is 1.79. The molecule has 7 heteroatoms. The van der Waals surface area contributed by atoms with Gasteiger partial charge >= 0.3 is 0 Å². The molecule has 0 saturated carbocycles. The fraction of sp³-hybridized carbons (Fsp3) is 0.400. The van der Waals surface area contributed by atoms with E-state index in [4.69, 9.17) is 18.9 Å². The van der Waals surface area contributed by atoms with E-state index in [1.165, 1.54) is 0 Å². The number of hydrogen-bond donors (Lipinski definition) is 1. The number of morpholine rings is 1. The van der Waals surface area contributed by atoms with Gasteiger partial charge in [-0.3, -0.25) is 0 Å². The molecule has 4 rings (SSSR count). The minimum atomic E-state index is -0.194. The molecule has 0 unspecified atom stereocenters. The summed E-state index contributed by atoms with van der Waals surface area (Å²) in [5, 5.41) is 3.33. The van der Waals surface area contributed by atoms with Crippen molar-refractivity contribution in [2.45, 2.75) is 13.1 Å². The van der Waals surface area contributed by atoms with Crippen LogP contribution < -0.4 is 24.4 Å². The maximum Gasteiger partial charge on any atom is 0.231 e. The number of nitrogens with one attached hydrogen (secondary N) is 1. The molecule has 2 aromatic carbocycles. The van der Waals surface area contributed by atoms with E-state index in [1.807, 2.05) is 29.2 Å². The lowest BCUT2D eigenvalue weighted by Gasteiger charge is -2.29. The summed E-state index contributed by atoms with van der Waals surface area (Å²) in [6.07, 6.45) is 0. The van der Waals surface area contributed by atoms with Gasteiger partial charge < -0.3 is 29.2 Å². The fourth-order valence-electron chi connectivity index (χ4n) is 3.36. The molecule has 1 fully saturated rings.